The normalized spacial score (nSPS) is 20.0. The SMILES string of the molecule is CCOC(=O)c1sc2nc(CN3CCN4C(=O)NCC4C3)nc(N)c2c1C. The van der Waals surface area contributed by atoms with E-state index >= 15 is 0 Å². The fourth-order valence-corrected chi connectivity index (χ4v) is 4.79. The Morgan fingerprint density at radius 3 is 3.00 bits per heavy atom. The molecule has 3 N–H and O–H groups in total. The van der Waals surface area contributed by atoms with Crippen LogP contribution < -0.4 is 11.1 Å². The van der Waals surface area contributed by atoms with Gasteiger partial charge in [-0.3, -0.25) is 4.90 Å². The van der Waals surface area contributed by atoms with Gasteiger partial charge >= 0.3 is 12.0 Å². The van der Waals surface area contributed by atoms with Crippen molar-refractivity contribution in [2.75, 3.05) is 38.5 Å². The van der Waals surface area contributed by atoms with Gasteiger partial charge in [0.05, 0.1) is 24.6 Å². The molecule has 4 heterocycles. The van der Waals surface area contributed by atoms with Crippen molar-refractivity contribution in [2.45, 2.75) is 26.4 Å². The van der Waals surface area contributed by atoms with Crippen molar-refractivity contribution in [1.82, 2.24) is 25.1 Å². The van der Waals surface area contributed by atoms with Gasteiger partial charge in [0.1, 0.15) is 21.3 Å². The molecule has 0 spiro atoms. The number of esters is 1. The second-order valence-corrected chi connectivity index (χ2v) is 7.75. The number of hydrogen-bond donors (Lipinski definition) is 2. The van der Waals surface area contributed by atoms with Gasteiger partial charge in [0.15, 0.2) is 0 Å². The molecule has 4 rings (SSSR count). The van der Waals surface area contributed by atoms with Crippen molar-refractivity contribution in [3.8, 4) is 0 Å². The van der Waals surface area contributed by atoms with Crippen LogP contribution in [0.2, 0.25) is 0 Å². The van der Waals surface area contributed by atoms with E-state index in [9.17, 15) is 9.59 Å². The topological polar surface area (TPSA) is 114 Å². The molecule has 10 heteroatoms. The number of carbonyl (C=O) groups excluding carboxylic acids is 2. The number of urea groups is 1. The Balaban J connectivity index is 1.56. The van der Waals surface area contributed by atoms with Gasteiger partial charge in [-0.05, 0) is 19.4 Å². The lowest BCUT2D eigenvalue weighted by Gasteiger charge is -2.35. The maximum absolute atomic E-state index is 12.1. The Bertz CT molecular complexity index is 914. The van der Waals surface area contributed by atoms with Crippen LogP contribution in [0.3, 0.4) is 0 Å². The number of nitrogen functional groups attached to an aromatic ring is 1. The molecule has 2 amide bonds. The Labute approximate surface area is 160 Å². The van der Waals surface area contributed by atoms with Crippen LogP contribution in [0.1, 0.15) is 28.0 Å². The van der Waals surface area contributed by atoms with Crippen molar-refractivity contribution in [3.05, 3.63) is 16.3 Å². The molecule has 0 bridgehead atoms. The van der Waals surface area contributed by atoms with Crippen molar-refractivity contribution in [2.24, 2.45) is 0 Å². The Hall–Kier alpha value is -2.46. The summed E-state index contributed by atoms with van der Waals surface area (Å²) in [5, 5.41) is 3.60. The zero-order chi connectivity index (χ0) is 19.1. The lowest BCUT2D eigenvalue weighted by molar-refractivity contribution is 0.0531. The van der Waals surface area contributed by atoms with Crippen LogP contribution in [-0.4, -0.2) is 70.6 Å². The van der Waals surface area contributed by atoms with Crippen molar-refractivity contribution >= 4 is 39.4 Å². The van der Waals surface area contributed by atoms with E-state index in [1.165, 1.54) is 11.3 Å². The van der Waals surface area contributed by atoms with Crippen LogP contribution >= 0.6 is 11.3 Å². The first-order valence-electron chi connectivity index (χ1n) is 8.97. The highest BCUT2D eigenvalue weighted by Gasteiger charge is 2.35. The number of carbonyl (C=O) groups is 2. The Morgan fingerprint density at radius 1 is 1.41 bits per heavy atom. The second-order valence-electron chi connectivity index (χ2n) is 6.75. The van der Waals surface area contributed by atoms with E-state index in [1.807, 2.05) is 11.8 Å². The summed E-state index contributed by atoms with van der Waals surface area (Å²) in [5.41, 5.74) is 6.94. The van der Waals surface area contributed by atoms with Gasteiger partial charge in [0, 0.05) is 26.2 Å². The number of nitrogens with two attached hydrogens (primary N) is 1. The van der Waals surface area contributed by atoms with Crippen LogP contribution in [0.4, 0.5) is 10.6 Å². The maximum Gasteiger partial charge on any atom is 0.348 e. The van der Waals surface area contributed by atoms with E-state index < -0.39 is 0 Å². The molecule has 0 aliphatic carbocycles. The number of anilines is 1. The molecule has 1 atom stereocenters. The summed E-state index contributed by atoms with van der Waals surface area (Å²) >= 11 is 1.29. The number of amides is 2. The number of thiophene rings is 1. The average molecular weight is 390 g/mol. The van der Waals surface area contributed by atoms with E-state index in [2.05, 4.69) is 20.2 Å². The summed E-state index contributed by atoms with van der Waals surface area (Å²) in [7, 11) is 0. The summed E-state index contributed by atoms with van der Waals surface area (Å²) in [6.45, 7) is 7.41. The molecule has 2 saturated heterocycles. The third-order valence-corrected chi connectivity index (χ3v) is 6.17. The lowest BCUT2D eigenvalue weighted by Crippen LogP contribution is -2.51. The molecular formula is C17H22N6O3S. The highest BCUT2D eigenvalue weighted by atomic mass is 32.1. The summed E-state index contributed by atoms with van der Waals surface area (Å²) in [6, 6.07) is 0.203. The molecular weight excluding hydrogens is 368 g/mol. The number of hydrogen-bond acceptors (Lipinski definition) is 8. The Kier molecular flexibility index (Phi) is 4.60. The van der Waals surface area contributed by atoms with Gasteiger partial charge in [0.2, 0.25) is 0 Å². The number of ether oxygens (including phenoxy) is 1. The third kappa shape index (κ3) is 3.19. The van der Waals surface area contributed by atoms with Gasteiger partial charge in [-0.25, -0.2) is 19.6 Å². The van der Waals surface area contributed by atoms with Crippen molar-refractivity contribution in [3.63, 3.8) is 0 Å². The average Bonchev–Trinajstić information content (AvgIpc) is 3.16. The largest absolute Gasteiger partial charge is 0.462 e. The summed E-state index contributed by atoms with van der Waals surface area (Å²) in [5.74, 6) is 0.659. The van der Waals surface area contributed by atoms with Gasteiger partial charge in [0.25, 0.3) is 0 Å². The zero-order valence-electron chi connectivity index (χ0n) is 15.3. The predicted molar refractivity (Wildman–Crippen MR) is 102 cm³/mol. The number of aryl methyl sites for hydroxylation is 1. The fourth-order valence-electron chi connectivity index (χ4n) is 3.69. The Morgan fingerprint density at radius 2 is 2.22 bits per heavy atom. The molecule has 9 nitrogen and oxygen atoms in total. The first kappa shape index (κ1) is 17.9. The quantitative estimate of drug-likeness (QED) is 0.748. The van der Waals surface area contributed by atoms with E-state index in [4.69, 9.17) is 10.5 Å². The fraction of sp³-hybridized carbons (Fsp3) is 0.529. The second kappa shape index (κ2) is 6.93. The minimum atomic E-state index is -0.353. The molecule has 1 unspecified atom stereocenters. The smallest absolute Gasteiger partial charge is 0.348 e. The van der Waals surface area contributed by atoms with Crippen LogP contribution in [-0.2, 0) is 11.3 Å². The van der Waals surface area contributed by atoms with Crippen molar-refractivity contribution in [1.29, 1.82) is 0 Å². The van der Waals surface area contributed by atoms with Crippen molar-refractivity contribution < 1.29 is 14.3 Å². The molecule has 27 heavy (non-hydrogen) atoms. The van der Waals surface area contributed by atoms with Crippen LogP contribution in [0, 0.1) is 6.92 Å². The first-order valence-corrected chi connectivity index (χ1v) is 9.79. The first-order chi connectivity index (χ1) is 13.0. The van der Waals surface area contributed by atoms with E-state index in [0.29, 0.717) is 47.6 Å². The highest BCUT2D eigenvalue weighted by Crippen LogP contribution is 2.33. The van der Waals surface area contributed by atoms with Gasteiger partial charge < -0.3 is 20.7 Å². The monoisotopic (exact) mass is 390 g/mol. The van der Waals surface area contributed by atoms with E-state index in [0.717, 1.165) is 24.0 Å². The molecule has 0 radical (unpaired) electrons. The maximum atomic E-state index is 12.1. The van der Waals surface area contributed by atoms with E-state index in [1.54, 1.807) is 6.92 Å². The summed E-state index contributed by atoms with van der Waals surface area (Å²) < 4.78 is 5.11. The van der Waals surface area contributed by atoms with Crippen LogP contribution in [0.15, 0.2) is 0 Å². The minimum absolute atomic E-state index is 0.0159. The molecule has 2 aliphatic rings. The van der Waals surface area contributed by atoms with Gasteiger partial charge in [-0.15, -0.1) is 11.3 Å². The summed E-state index contributed by atoms with van der Waals surface area (Å²) in [4.78, 5) is 38.3. The zero-order valence-corrected chi connectivity index (χ0v) is 16.1. The molecule has 0 aromatic carbocycles. The number of fused-ring (bicyclic) bond motifs is 2. The molecule has 144 valence electrons. The number of nitrogens with zero attached hydrogens (tertiary/aromatic N) is 4. The minimum Gasteiger partial charge on any atom is -0.462 e. The van der Waals surface area contributed by atoms with E-state index in [-0.39, 0.29) is 18.0 Å². The predicted octanol–water partition coefficient (Wildman–Crippen LogP) is 0.968. The molecule has 0 saturated carbocycles. The third-order valence-electron chi connectivity index (χ3n) is 5.01. The molecule has 2 aromatic heterocycles. The summed E-state index contributed by atoms with van der Waals surface area (Å²) in [6.07, 6.45) is 0. The van der Waals surface area contributed by atoms with Gasteiger partial charge in [-0.2, -0.15) is 0 Å². The number of piperazine rings is 1. The van der Waals surface area contributed by atoms with Crippen LogP contribution in [0.25, 0.3) is 10.2 Å². The molecule has 2 fully saturated rings. The number of rotatable bonds is 4. The number of aromatic nitrogens is 2. The number of nitrogens with one attached hydrogen (secondary N) is 1. The lowest BCUT2D eigenvalue weighted by atomic mass is 10.2. The molecule has 2 aromatic rings. The standard InChI is InChI=1S/C17H22N6O3S/c1-3-26-16(24)13-9(2)12-14(18)20-11(21-15(12)27-13)8-22-4-5-23-10(7-22)6-19-17(23)25/h10H,3-8H2,1-2H3,(H,19,25)(H2,18,20,21). The molecule has 2 aliphatic heterocycles. The van der Waals surface area contributed by atoms with Gasteiger partial charge in [-0.1, -0.05) is 0 Å². The van der Waals surface area contributed by atoms with Crippen LogP contribution in [0.5, 0.6) is 0 Å². The highest BCUT2D eigenvalue weighted by molar-refractivity contribution is 7.20.